The zero-order valence-corrected chi connectivity index (χ0v) is 41.8. The fourth-order valence-electron chi connectivity index (χ4n) is 9.85. The van der Waals surface area contributed by atoms with Crippen LogP contribution >= 0.6 is 0 Å². The van der Waals surface area contributed by atoms with Gasteiger partial charge < -0.3 is 13.9 Å². The molecule has 69 heavy (non-hydrogen) atoms. The van der Waals surface area contributed by atoms with Crippen LogP contribution in [0.5, 0.6) is 11.5 Å². The van der Waals surface area contributed by atoms with E-state index in [2.05, 4.69) is 243 Å². The Kier molecular flexibility index (Phi) is 12.5. The Morgan fingerprint density at radius 2 is 1.19 bits per heavy atom. The Bertz CT molecular complexity index is 3540. The molecule has 0 spiro atoms. The normalized spacial score (nSPS) is 11.7. The molecule has 0 atom stereocenters. The van der Waals surface area contributed by atoms with Crippen molar-refractivity contribution in [3.05, 3.63) is 224 Å². The van der Waals surface area contributed by atoms with Crippen molar-refractivity contribution in [1.82, 2.24) is 14.1 Å². The molecule has 0 bridgehead atoms. The van der Waals surface area contributed by atoms with Gasteiger partial charge in [0.15, 0.2) is 0 Å². The number of para-hydroxylation sites is 4. The zero-order chi connectivity index (χ0) is 46.4. The van der Waals surface area contributed by atoms with Crippen molar-refractivity contribution < 1.29 is 30.4 Å². The van der Waals surface area contributed by atoms with Gasteiger partial charge in [-0.3, -0.25) is 4.57 Å². The monoisotopic (exact) mass is 1080 g/mol. The molecule has 3 heterocycles. The molecule has 11 aromatic rings. The first kappa shape index (κ1) is 45.5. The first-order valence-corrected chi connectivity index (χ1v) is 23.7. The maximum Gasteiger partial charge on any atom is 0.268 e. The van der Waals surface area contributed by atoms with Gasteiger partial charge in [-0.05, 0) is 86.3 Å². The topological polar surface area (TPSA) is 35.9 Å². The predicted molar refractivity (Wildman–Crippen MR) is 278 cm³/mol. The zero-order valence-electron chi connectivity index (χ0n) is 39.5. The summed E-state index contributed by atoms with van der Waals surface area (Å²) in [4.78, 5) is 5.22. The van der Waals surface area contributed by atoms with Crippen molar-refractivity contribution >= 4 is 32.8 Å². The van der Waals surface area contributed by atoms with E-state index in [0.717, 1.165) is 85.1 Å². The average Bonchev–Trinajstić information content (AvgIpc) is 3.93. The summed E-state index contributed by atoms with van der Waals surface area (Å²) in [5.74, 6) is 2.40. The molecule has 5 nitrogen and oxygen atoms in total. The number of pyridine rings is 1. The van der Waals surface area contributed by atoms with Crippen LogP contribution in [-0.2, 0) is 26.5 Å². The molecule has 0 aliphatic heterocycles. The van der Waals surface area contributed by atoms with Crippen LogP contribution in [0, 0.1) is 18.5 Å². The van der Waals surface area contributed by atoms with Crippen molar-refractivity contribution in [2.24, 2.45) is 0 Å². The van der Waals surface area contributed by atoms with E-state index in [1.807, 2.05) is 18.2 Å². The Morgan fingerprint density at radius 1 is 0.580 bits per heavy atom. The van der Waals surface area contributed by atoms with Crippen LogP contribution in [0.1, 0.15) is 64.5 Å². The van der Waals surface area contributed by atoms with Crippen molar-refractivity contribution in [3.8, 4) is 62.1 Å². The first-order chi connectivity index (χ1) is 33.3. The first-order valence-electron chi connectivity index (χ1n) is 23.7. The minimum atomic E-state index is 0. The van der Waals surface area contributed by atoms with Crippen LogP contribution in [0.15, 0.2) is 194 Å². The van der Waals surface area contributed by atoms with E-state index < -0.39 is 0 Å². The van der Waals surface area contributed by atoms with Crippen molar-refractivity contribution in [2.45, 2.75) is 58.8 Å². The number of benzene rings is 8. The summed E-state index contributed by atoms with van der Waals surface area (Å²) in [6, 6.07) is 73.5. The number of fused-ring (bicyclic) bond motifs is 4. The third kappa shape index (κ3) is 8.51. The fraction of sp³-hybridized carbons (Fsp3) is 0.143. The molecule has 0 fully saturated rings. The maximum absolute atomic E-state index is 6.72. The molecule has 0 aliphatic carbocycles. The number of ether oxygens (including phenoxy) is 1. The Labute approximate surface area is 419 Å². The van der Waals surface area contributed by atoms with Gasteiger partial charge in [-0.2, -0.15) is 18.2 Å². The summed E-state index contributed by atoms with van der Waals surface area (Å²) in [6.45, 7) is 11.3. The number of aromatic nitrogens is 4. The number of nitrogens with zero attached hydrogens (tertiary/aromatic N) is 4. The van der Waals surface area contributed by atoms with Crippen molar-refractivity contribution in [2.75, 3.05) is 0 Å². The molecule has 0 N–H and O–H groups in total. The minimum absolute atomic E-state index is 0. The summed E-state index contributed by atoms with van der Waals surface area (Å²) in [5.41, 5.74) is 15.4. The minimum Gasteiger partial charge on any atom is -0.510 e. The van der Waals surface area contributed by atoms with E-state index in [0.29, 0.717) is 17.4 Å². The van der Waals surface area contributed by atoms with Gasteiger partial charge in [0.05, 0.1) is 16.7 Å². The second-order valence-electron chi connectivity index (χ2n) is 18.6. The van der Waals surface area contributed by atoms with Crippen LogP contribution in [-0.4, -0.2) is 14.1 Å². The van der Waals surface area contributed by atoms with Crippen LogP contribution < -0.4 is 9.30 Å². The summed E-state index contributed by atoms with van der Waals surface area (Å²) in [6.07, 6.45) is 7.91. The molecule has 11 rings (SSSR count). The molecule has 3 aromatic heterocycles. The fourth-order valence-corrected chi connectivity index (χ4v) is 9.85. The molecule has 0 unspecified atom stereocenters. The molecule has 0 amide bonds. The largest absolute Gasteiger partial charge is 0.510 e. The Balaban J connectivity index is 0.00000553. The van der Waals surface area contributed by atoms with Crippen molar-refractivity contribution in [1.29, 1.82) is 0 Å². The average molecular weight is 1080 g/mol. The molecule has 8 aromatic carbocycles. The molecular formula is C63H52N4OPt-2. The number of imidazole rings is 1. The molecule has 6 heteroatoms. The predicted octanol–water partition coefficient (Wildman–Crippen LogP) is 15.8. The van der Waals surface area contributed by atoms with Gasteiger partial charge in [-0.15, -0.1) is 29.7 Å². The van der Waals surface area contributed by atoms with Gasteiger partial charge in [-0.25, -0.2) is 4.98 Å². The van der Waals surface area contributed by atoms with E-state index in [9.17, 15) is 0 Å². The molecule has 0 radical (unpaired) electrons. The van der Waals surface area contributed by atoms with Crippen LogP contribution in [0.4, 0.5) is 0 Å². The number of rotatable bonds is 11. The van der Waals surface area contributed by atoms with E-state index in [4.69, 9.17) is 9.72 Å². The molecule has 342 valence electrons. The Morgan fingerprint density at radius 3 is 1.87 bits per heavy atom. The van der Waals surface area contributed by atoms with Crippen LogP contribution in [0.25, 0.3) is 83.4 Å². The van der Waals surface area contributed by atoms with Gasteiger partial charge in [0.2, 0.25) is 0 Å². The van der Waals surface area contributed by atoms with Crippen LogP contribution in [0.3, 0.4) is 0 Å². The van der Waals surface area contributed by atoms with Crippen LogP contribution in [0.2, 0.25) is 0 Å². The SMILES string of the molecule is CCC(CC)c1cc(-n2c3[c-]c(Oc4[c-]c(-n5[c-][n+](-c6c(-c7ccccc7)cccc6-c6ccccc6)c6ccccc65)ccc4)ccc3c3ccccc32)ncc1-c1ccc(C(C)(C)C)cc1.[Pt]. The molecule has 0 saturated carbocycles. The van der Waals surface area contributed by atoms with Crippen molar-refractivity contribution in [3.63, 3.8) is 0 Å². The summed E-state index contributed by atoms with van der Waals surface area (Å²) in [5, 5.41) is 2.22. The molecule has 0 saturated heterocycles. The second kappa shape index (κ2) is 19.0. The molecular weight excluding hydrogens is 1020 g/mol. The third-order valence-corrected chi connectivity index (χ3v) is 13.4. The summed E-state index contributed by atoms with van der Waals surface area (Å²) in [7, 11) is 0. The van der Waals surface area contributed by atoms with E-state index in [1.165, 1.54) is 22.3 Å². The molecule has 0 aliphatic rings. The number of hydrogen-bond acceptors (Lipinski definition) is 2. The van der Waals surface area contributed by atoms with E-state index in [1.54, 1.807) is 0 Å². The van der Waals surface area contributed by atoms with Gasteiger partial charge in [0, 0.05) is 49.8 Å². The quantitative estimate of drug-likeness (QED) is 0.0956. The van der Waals surface area contributed by atoms with Gasteiger partial charge in [-0.1, -0.05) is 186 Å². The maximum atomic E-state index is 6.72. The smallest absolute Gasteiger partial charge is 0.268 e. The van der Waals surface area contributed by atoms with Gasteiger partial charge in [0.25, 0.3) is 6.33 Å². The van der Waals surface area contributed by atoms with E-state index in [-0.39, 0.29) is 26.5 Å². The standard InChI is InChI=1S/C63H52N4O.Pt/c1-6-43(7-2)55-40-61(64-41-56(55)46-32-34-47(35-33-46)63(3,4)5)67-57-29-15-14-26-53(57)54-37-36-50(39-60(54)67)68-49-25-18-24-48(38-49)65-42-66(59-31-17-16-30-58(59)65)62-51(44-20-10-8-11-21-44)27-19-28-52(62)45-22-12-9-13-23-45;/h8-37,40-41,43H,6-7H2,1-5H3;/q-2;. The third-order valence-electron chi connectivity index (χ3n) is 13.4. The summed E-state index contributed by atoms with van der Waals surface area (Å²) >= 11 is 0. The van der Waals surface area contributed by atoms with Gasteiger partial charge in [0.1, 0.15) is 5.82 Å². The second-order valence-corrected chi connectivity index (χ2v) is 18.6. The van der Waals surface area contributed by atoms with Gasteiger partial charge >= 0.3 is 0 Å². The summed E-state index contributed by atoms with van der Waals surface area (Å²) < 4.78 is 13.2. The van der Waals surface area contributed by atoms with E-state index >= 15 is 0 Å². The number of hydrogen-bond donors (Lipinski definition) is 0. The Hall–Kier alpha value is -7.33.